The van der Waals surface area contributed by atoms with Gasteiger partial charge in [0.15, 0.2) is 6.10 Å². The fraction of sp³-hybridized carbons (Fsp3) is 0.744. The molecule has 0 aliphatic carbocycles. The first-order chi connectivity index (χ1) is 23.5. The highest BCUT2D eigenvalue weighted by Crippen LogP contribution is 2.36. The van der Waals surface area contributed by atoms with Crippen LogP contribution in [0.25, 0.3) is 0 Å². The van der Waals surface area contributed by atoms with Gasteiger partial charge < -0.3 is 24.4 Å². The standard InChI is InChI=1S/C39H69O9P/c1-4-5-29-36(40)30-25-21-17-13-8-6-7-9-14-18-22-26-31-38(41)46-33-37(34-47-49(43,44)45)48-39(42)32-27-23-19-15-11-10-12-16-20-24-28-35(2)3/h6-7,13-14,17-18,25,30,35-37,40H,4-5,8-12,15-16,19-24,26-29,31-34H2,1-3H3,(H2,43,44,45)/b7-6-,17-13-,18-14-,30-25-/t36-,37+/m0/s1. The maximum absolute atomic E-state index is 12.3. The number of carbonyl (C=O) groups is 2. The molecule has 0 aromatic rings. The van der Waals surface area contributed by atoms with Crippen LogP contribution in [0.1, 0.15) is 156 Å². The van der Waals surface area contributed by atoms with Gasteiger partial charge in [-0.2, -0.15) is 0 Å². The van der Waals surface area contributed by atoms with Gasteiger partial charge in [0.2, 0.25) is 0 Å². The average molecular weight is 713 g/mol. The maximum Gasteiger partial charge on any atom is 0.469 e. The first-order valence-electron chi connectivity index (χ1n) is 18.9. The number of aliphatic hydroxyl groups is 1. The first-order valence-corrected chi connectivity index (χ1v) is 20.4. The molecule has 0 amide bonds. The van der Waals surface area contributed by atoms with Gasteiger partial charge in [-0.25, -0.2) is 4.57 Å². The highest BCUT2D eigenvalue weighted by molar-refractivity contribution is 7.46. The number of rotatable bonds is 33. The van der Waals surface area contributed by atoms with Gasteiger partial charge in [0, 0.05) is 12.8 Å². The number of esters is 2. The summed E-state index contributed by atoms with van der Waals surface area (Å²) >= 11 is 0. The molecule has 0 rings (SSSR count). The minimum atomic E-state index is -4.77. The summed E-state index contributed by atoms with van der Waals surface area (Å²) in [6.07, 6.45) is 34.7. The number of unbranched alkanes of at least 4 members (excludes halogenated alkanes) is 11. The van der Waals surface area contributed by atoms with Crippen LogP contribution in [0.5, 0.6) is 0 Å². The maximum atomic E-state index is 12.3. The zero-order valence-electron chi connectivity index (χ0n) is 30.9. The molecule has 0 aliphatic rings. The van der Waals surface area contributed by atoms with Crippen molar-refractivity contribution in [2.45, 2.75) is 168 Å². The fourth-order valence-corrected chi connectivity index (χ4v) is 5.34. The van der Waals surface area contributed by atoms with E-state index in [4.69, 9.17) is 19.3 Å². The van der Waals surface area contributed by atoms with E-state index in [-0.39, 0.29) is 25.6 Å². The van der Waals surface area contributed by atoms with Gasteiger partial charge >= 0.3 is 19.8 Å². The Morgan fingerprint density at radius 3 is 1.76 bits per heavy atom. The van der Waals surface area contributed by atoms with Crippen molar-refractivity contribution in [1.82, 2.24) is 0 Å². The van der Waals surface area contributed by atoms with E-state index < -0.39 is 32.5 Å². The number of hydrogen-bond acceptors (Lipinski definition) is 7. The van der Waals surface area contributed by atoms with Crippen molar-refractivity contribution in [3.8, 4) is 0 Å². The number of phosphoric ester groups is 1. The lowest BCUT2D eigenvalue weighted by atomic mass is 10.0. The number of aliphatic hydroxyl groups excluding tert-OH is 1. The molecule has 2 atom stereocenters. The van der Waals surface area contributed by atoms with Crippen molar-refractivity contribution in [2.75, 3.05) is 13.2 Å². The number of hydrogen-bond donors (Lipinski definition) is 3. The Morgan fingerprint density at radius 1 is 0.653 bits per heavy atom. The molecule has 0 heterocycles. The van der Waals surface area contributed by atoms with Gasteiger partial charge in [-0.05, 0) is 50.9 Å². The van der Waals surface area contributed by atoms with Gasteiger partial charge in [-0.1, -0.05) is 146 Å². The molecule has 0 saturated carbocycles. The van der Waals surface area contributed by atoms with Crippen LogP contribution < -0.4 is 0 Å². The molecule has 0 aromatic carbocycles. The summed E-state index contributed by atoms with van der Waals surface area (Å²) in [5.74, 6) is -0.187. The van der Waals surface area contributed by atoms with Crippen LogP contribution in [-0.2, 0) is 28.2 Å². The second-order valence-electron chi connectivity index (χ2n) is 13.2. The third-order valence-corrected chi connectivity index (χ3v) is 8.33. The topological polar surface area (TPSA) is 140 Å². The molecule has 0 bridgehead atoms. The second-order valence-corrected chi connectivity index (χ2v) is 14.4. The smallest absolute Gasteiger partial charge is 0.462 e. The van der Waals surface area contributed by atoms with Crippen molar-refractivity contribution in [2.24, 2.45) is 5.92 Å². The van der Waals surface area contributed by atoms with Gasteiger partial charge in [0.1, 0.15) is 6.61 Å². The molecule has 0 aliphatic heterocycles. The van der Waals surface area contributed by atoms with E-state index in [1.165, 1.54) is 44.9 Å². The van der Waals surface area contributed by atoms with Gasteiger partial charge in [-0.15, -0.1) is 0 Å². The van der Waals surface area contributed by atoms with Crippen molar-refractivity contribution >= 4 is 19.8 Å². The van der Waals surface area contributed by atoms with Crippen LogP contribution in [0.15, 0.2) is 48.6 Å². The normalized spacial score (nSPS) is 13.8. The van der Waals surface area contributed by atoms with Crippen LogP contribution >= 0.6 is 7.82 Å². The predicted molar refractivity (Wildman–Crippen MR) is 199 cm³/mol. The van der Waals surface area contributed by atoms with Gasteiger partial charge in [0.05, 0.1) is 12.7 Å². The zero-order valence-corrected chi connectivity index (χ0v) is 31.7. The average Bonchev–Trinajstić information content (AvgIpc) is 3.05. The molecule has 284 valence electrons. The summed E-state index contributed by atoms with van der Waals surface area (Å²) in [6, 6.07) is 0. The Bertz CT molecular complexity index is 968. The lowest BCUT2D eigenvalue weighted by Gasteiger charge is -2.18. The number of allylic oxidation sites excluding steroid dienone is 7. The summed E-state index contributed by atoms with van der Waals surface area (Å²) in [6.45, 7) is 5.77. The third-order valence-electron chi connectivity index (χ3n) is 7.85. The highest BCUT2D eigenvalue weighted by Gasteiger charge is 2.22. The van der Waals surface area contributed by atoms with E-state index in [0.29, 0.717) is 19.3 Å². The summed E-state index contributed by atoms with van der Waals surface area (Å²) in [5, 5.41) is 9.77. The minimum Gasteiger partial charge on any atom is -0.462 e. The molecular weight excluding hydrogens is 643 g/mol. The Hall–Kier alpha value is -2.03. The molecule has 10 heteroatoms. The minimum absolute atomic E-state index is 0.174. The van der Waals surface area contributed by atoms with E-state index >= 15 is 0 Å². The largest absolute Gasteiger partial charge is 0.469 e. The Kier molecular flexibility index (Phi) is 31.8. The van der Waals surface area contributed by atoms with Crippen LogP contribution in [0, 0.1) is 5.92 Å². The molecule has 0 saturated heterocycles. The SMILES string of the molecule is CCCC[C@H](O)/C=C\C/C=C\C/C=C\C/C=C\CCCC(=O)OC[C@H](COP(=O)(O)O)OC(=O)CCCCCCCCCCCCC(C)C. The third kappa shape index (κ3) is 37.1. The first kappa shape index (κ1) is 47.0. The lowest BCUT2D eigenvalue weighted by Crippen LogP contribution is -2.29. The Labute approximate surface area is 297 Å². The molecular formula is C39H69O9P. The molecule has 0 spiro atoms. The van der Waals surface area contributed by atoms with Crippen LogP contribution in [0.2, 0.25) is 0 Å². The lowest BCUT2D eigenvalue weighted by molar-refractivity contribution is -0.161. The zero-order chi connectivity index (χ0) is 36.4. The Balaban J connectivity index is 4.10. The van der Waals surface area contributed by atoms with E-state index in [2.05, 4.69) is 49.6 Å². The number of carbonyl (C=O) groups excluding carboxylic acids is 2. The molecule has 0 radical (unpaired) electrons. The quantitative estimate of drug-likeness (QED) is 0.0262. The monoisotopic (exact) mass is 712 g/mol. The van der Waals surface area contributed by atoms with Crippen molar-refractivity contribution in [1.29, 1.82) is 0 Å². The van der Waals surface area contributed by atoms with E-state index in [1.54, 1.807) is 0 Å². The molecule has 0 unspecified atom stereocenters. The number of phosphoric acid groups is 1. The van der Waals surface area contributed by atoms with Gasteiger partial charge in [0.25, 0.3) is 0 Å². The van der Waals surface area contributed by atoms with Crippen LogP contribution in [0.4, 0.5) is 0 Å². The Morgan fingerprint density at radius 2 is 1.18 bits per heavy atom. The summed E-state index contributed by atoms with van der Waals surface area (Å²) in [4.78, 5) is 42.7. The number of ether oxygens (including phenoxy) is 2. The molecule has 0 fully saturated rings. The predicted octanol–water partition coefficient (Wildman–Crippen LogP) is 10.0. The second kappa shape index (κ2) is 33.1. The van der Waals surface area contributed by atoms with E-state index in [9.17, 15) is 19.3 Å². The van der Waals surface area contributed by atoms with E-state index in [0.717, 1.165) is 63.7 Å². The van der Waals surface area contributed by atoms with Crippen molar-refractivity contribution in [3.63, 3.8) is 0 Å². The fourth-order valence-electron chi connectivity index (χ4n) is 4.98. The highest BCUT2D eigenvalue weighted by atomic mass is 31.2. The molecule has 0 aromatic heterocycles. The molecule has 3 N–H and O–H groups in total. The van der Waals surface area contributed by atoms with Crippen LogP contribution in [0.3, 0.4) is 0 Å². The van der Waals surface area contributed by atoms with Crippen LogP contribution in [-0.4, -0.2) is 52.3 Å². The molecule has 49 heavy (non-hydrogen) atoms. The van der Waals surface area contributed by atoms with Crippen molar-refractivity contribution < 1.29 is 43.0 Å². The summed E-state index contributed by atoms with van der Waals surface area (Å²) in [7, 11) is -4.77. The molecule has 9 nitrogen and oxygen atoms in total. The van der Waals surface area contributed by atoms with Crippen molar-refractivity contribution in [3.05, 3.63) is 48.6 Å². The summed E-state index contributed by atoms with van der Waals surface area (Å²) in [5.41, 5.74) is 0. The van der Waals surface area contributed by atoms with Gasteiger partial charge in [-0.3, -0.25) is 14.1 Å². The van der Waals surface area contributed by atoms with E-state index in [1.807, 2.05) is 24.3 Å². The summed E-state index contributed by atoms with van der Waals surface area (Å²) < 4.78 is 26.2.